The Morgan fingerprint density at radius 1 is 1.50 bits per heavy atom. The van der Waals surface area contributed by atoms with Gasteiger partial charge in [0, 0.05) is 22.9 Å². The van der Waals surface area contributed by atoms with Crippen molar-refractivity contribution in [3.63, 3.8) is 0 Å². The standard InChI is InChI=1S/C12H13BrN2O/c1-14-12(4-9-2-3-16-8-9)10-5-11(13)7-15-6-10/h2-3,5-8,12,14H,4H2,1H3. The highest BCUT2D eigenvalue weighted by atomic mass is 79.9. The van der Waals surface area contributed by atoms with Crippen molar-refractivity contribution in [2.75, 3.05) is 7.05 Å². The summed E-state index contributed by atoms with van der Waals surface area (Å²) >= 11 is 3.43. The Kier molecular flexibility index (Phi) is 3.74. The van der Waals surface area contributed by atoms with Crippen LogP contribution in [0.1, 0.15) is 17.2 Å². The molecule has 16 heavy (non-hydrogen) atoms. The molecule has 84 valence electrons. The van der Waals surface area contributed by atoms with Gasteiger partial charge in [0.1, 0.15) is 0 Å². The number of aromatic nitrogens is 1. The van der Waals surface area contributed by atoms with E-state index in [0.717, 1.165) is 16.5 Å². The molecule has 0 aliphatic rings. The lowest BCUT2D eigenvalue weighted by Gasteiger charge is -2.15. The first-order chi connectivity index (χ1) is 7.79. The minimum atomic E-state index is 0.252. The normalized spacial score (nSPS) is 12.6. The first-order valence-corrected chi connectivity index (χ1v) is 5.87. The summed E-state index contributed by atoms with van der Waals surface area (Å²) in [5.41, 5.74) is 2.34. The molecule has 1 atom stereocenters. The van der Waals surface area contributed by atoms with E-state index >= 15 is 0 Å². The lowest BCUT2D eigenvalue weighted by atomic mass is 10.0. The van der Waals surface area contributed by atoms with E-state index in [1.54, 1.807) is 18.7 Å². The summed E-state index contributed by atoms with van der Waals surface area (Å²) in [6.07, 6.45) is 8.03. The number of hydrogen-bond donors (Lipinski definition) is 1. The average molecular weight is 281 g/mol. The average Bonchev–Trinajstić information content (AvgIpc) is 2.78. The third kappa shape index (κ3) is 2.71. The molecule has 0 saturated heterocycles. The zero-order valence-electron chi connectivity index (χ0n) is 8.98. The maximum atomic E-state index is 5.07. The zero-order valence-corrected chi connectivity index (χ0v) is 10.6. The van der Waals surface area contributed by atoms with E-state index in [1.807, 2.05) is 19.3 Å². The predicted molar refractivity (Wildman–Crippen MR) is 66.1 cm³/mol. The number of halogens is 1. The number of nitrogens with zero attached hydrogens (tertiary/aromatic N) is 1. The van der Waals surface area contributed by atoms with Crippen molar-refractivity contribution in [3.8, 4) is 0 Å². The van der Waals surface area contributed by atoms with E-state index in [0.29, 0.717) is 0 Å². The second-order valence-electron chi connectivity index (χ2n) is 3.61. The maximum Gasteiger partial charge on any atom is 0.0935 e. The Labute approximate surface area is 103 Å². The molecule has 0 aromatic carbocycles. The van der Waals surface area contributed by atoms with Crippen LogP contribution in [-0.2, 0) is 6.42 Å². The molecular formula is C12H13BrN2O. The fraction of sp³-hybridized carbons (Fsp3) is 0.250. The van der Waals surface area contributed by atoms with E-state index in [9.17, 15) is 0 Å². The number of furan rings is 1. The molecule has 4 heteroatoms. The van der Waals surface area contributed by atoms with Crippen LogP contribution in [0.25, 0.3) is 0 Å². The predicted octanol–water partition coefficient (Wildman–Crippen LogP) is 2.94. The van der Waals surface area contributed by atoms with E-state index in [-0.39, 0.29) is 6.04 Å². The summed E-state index contributed by atoms with van der Waals surface area (Å²) < 4.78 is 6.06. The number of hydrogen-bond acceptors (Lipinski definition) is 3. The van der Waals surface area contributed by atoms with E-state index in [4.69, 9.17) is 4.42 Å². The Hall–Kier alpha value is -1.13. The molecule has 0 aliphatic carbocycles. The van der Waals surface area contributed by atoms with Gasteiger partial charge in [-0.3, -0.25) is 4.98 Å². The van der Waals surface area contributed by atoms with Gasteiger partial charge in [0.2, 0.25) is 0 Å². The van der Waals surface area contributed by atoms with Crippen molar-refractivity contribution >= 4 is 15.9 Å². The summed E-state index contributed by atoms with van der Waals surface area (Å²) in [6.45, 7) is 0. The lowest BCUT2D eigenvalue weighted by Crippen LogP contribution is -2.18. The van der Waals surface area contributed by atoms with Crippen LogP contribution in [0.2, 0.25) is 0 Å². The van der Waals surface area contributed by atoms with Gasteiger partial charge in [0.25, 0.3) is 0 Å². The lowest BCUT2D eigenvalue weighted by molar-refractivity contribution is 0.551. The molecule has 2 heterocycles. The van der Waals surface area contributed by atoms with Gasteiger partial charge >= 0.3 is 0 Å². The van der Waals surface area contributed by atoms with E-state index in [1.165, 1.54) is 5.56 Å². The molecule has 2 aromatic rings. The fourth-order valence-corrected chi connectivity index (χ4v) is 2.03. The SMILES string of the molecule is CNC(Cc1ccoc1)c1cncc(Br)c1. The molecule has 1 N–H and O–H groups in total. The topological polar surface area (TPSA) is 38.1 Å². The third-order valence-corrected chi connectivity index (χ3v) is 2.93. The Bertz CT molecular complexity index is 442. The summed E-state index contributed by atoms with van der Waals surface area (Å²) in [5.74, 6) is 0. The molecule has 2 rings (SSSR count). The highest BCUT2D eigenvalue weighted by Crippen LogP contribution is 2.20. The molecule has 0 radical (unpaired) electrons. The van der Waals surface area contributed by atoms with Crippen molar-refractivity contribution in [2.45, 2.75) is 12.5 Å². The van der Waals surface area contributed by atoms with Gasteiger partial charge < -0.3 is 9.73 Å². The van der Waals surface area contributed by atoms with E-state index in [2.05, 4.69) is 32.3 Å². The van der Waals surface area contributed by atoms with Gasteiger partial charge in [-0.05, 0) is 52.7 Å². The summed E-state index contributed by atoms with van der Waals surface area (Å²) in [5, 5.41) is 3.28. The first-order valence-electron chi connectivity index (χ1n) is 5.08. The number of nitrogens with one attached hydrogen (secondary N) is 1. The summed E-state index contributed by atoms with van der Waals surface area (Å²) in [4.78, 5) is 4.17. The van der Waals surface area contributed by atoms with Crippen molar-refractivity contribution in [2.24, 2.45) is 0 Å². The van der Waals surface area contributed by atoms with Crippen molar-refractivity contribution in [3.05, 3.63) is 52.7 Å². The van der Waals surface area contributed by atoms with Crippen molar-refractivity contribution in [1.82, 2.24) is 10.3 Å². The fourth-order valence-electron chi connectivity index (χ4n) is 1.65. The van der Waals surface area contributed by atoms with Crippen LogP contribution in [-0.4, -0.2) is 12.0 Å². The molecular weight excluding hydrogens is 268 g/mol. The maximum absolute atomic E-state index is 5.07. The molecule has 0 fully saturated rings. The van der Waals surface area contributed by atoms with Gasteiger partial charge in [0.05, 0.1) is 12.5 Å². The zero-order chi connectivity index (χ0) is 11.4. The molecule has 0 spiro atoms. The van der Waals surface area contributed by atoms with Crippen LogP contribution in [0, 0.1) is 0 Å². The molecule has 0 bridgehead atoms. The third-order valence-electron chi connectivity index (χ3n) is 2.50. The Balaban J connectivity index is 2.16. The quantitative estimate of drug-likeness (QED) is 0.936. The van der Waals surface area contributed by atoms with E-state index < -0.39 is 0 Å². The summed E-state index contributed by atoms with van der Waals surface area (Å²) in [6, 6.07) is 4.31. The van der Waals surface area contributed by atoms with Gasteiger partial charge in [-0.1, -0.05) is 0 Å². The molecule has 2 aromatic heterocycles. The smallest absolute Gasteiger partial charge is 0.0935 e. The highest BCUT2D eigenvalue weighted by molar-refractivity contribution is 9.10. The highest BCUT2D eigenvalue weighted by Gasteiger charge is 2.11. The van der Waals surface area contributed by atoms with Crippen molar-refractivity contribution < 1.29 is 4.42 Å². The van der Waals surface area contributed by atoms with Gasteiger partial charge in [-0.15, -0.1) is 0 Å². The van der Waals surface area contributed by atoms with Crippen LogP contribution in [0.15, 0.2) is 45.9 Å². The first kappa shape index (κ1) is 11.4. The van der Waals surface area contributed by atoms with Crippen LogP contribution in [0.3, 0.4) is 0 Å². The molecule has 1 unspecified atom stereocenters. The van der Waals surface area contributed by atoms with Gasteiger partial charge in [-0.2, -0.15) is 0 Å². The number of pyridine rings is 1. The monoisotopic (exact) mass is 280 g/mol. The molecule has 0 aliphatic heterocycles. The largest absolute Gasteiger partial charge is 0.472 e. The Morgan fingerprint density at radius 3 is 3.00 bits per heavy atom. The second kappa shape index (κ2) is 5.27. The number of likely N-dealkylation sites (N-methyl/N-ethyl adjacent to an activating group) is 1. The second-order valence-corrected chi connectivity index (χ2v) is 4.53. The van der Waals surface area contributed by atoms with Crippen molar-refractivity contribution in [1.29, 1.82) is 0 Å². The minimum absolute atomic E-state index is 0.252. The van der Waals surface area contributed by atoms with Gasteiger partial charge in [0.15, 0.2) is 0 Å². The molecule has 3 nitrogen and oxygen atoms in total. The number of rotatable bonds is 4. The summed E-state index contributed by atoms with van der Waals surface area (Å²) in [7, 11) is 1.95. The van der Waals surface area contributed by atoms with Gasteiger partial charge in [-0.25, -0.2) is 0 Å². The molecule has 0 amide bonds. The van der Waals surface area contributed by atoms with Crippen LogP contribution in [0.5, 0.6) is 0 Å². The molecule has 0 saturated carbocycles. The van der Waals surface area contributed by atoms with Crippen LogP contribution >= 0.6 is 15.9 Å². The minimum Gasteiger partial charge on any atom is -0.472 e. The Morgan fingerprint density at radius 2 is 2.38 bits per heavy atom. The van der Waals surface area contributed by atoms with Crippen LogP contribution in [0.4, 0.5) is 0 Å². The van der Waals surface area contributed by atoms with Crippen LogP contribution < -0.4 is 5.32 Å².